The van der Waals surface area contributed by atoms with Crippen molar-refractivity contribution in [2.24, 2.45) is 0 Å². The predicted molar refractivity (Wildman–Crippen MR) is 38.2 cm³/mol. The fourth-order valence-electron chi connectivity index (χ4n) is 0.811. The molecule has 10 heavy (non-hydrogen) atoms. The van der Waals surface area contributed by atoms with Crippen LogP contribution in [0.1, 0.15) is 0 Å². The number of ether oxygens (including phenoxy) is 1. The Morgan fingerprint density at radius 2 is 2.60 bits per heavy atom. The van der Waals surface area contributed by atoms with E-state index in [-0.39, 0.29) is 0 Å². The number of morpholine rings is 1. The predicted octanol–water partition coefficient (Wildman–Crippen LogP) is -0.00550. The van der Waals surface area contributed by atoms with Crippen molar-refractivity contribution in [1.29, 1.82) is 0 Å². The summed E-state index contributed by atoms with van der Waals surface area (Å²) in [6.45, 7) is 4.80. The van der Waals surface area contributed by atoms with Gasteiger partial charge >= 0.3 is 0 Å². The monoisotopic (exact) mass is 141 g/mol. The quantitative estimate of drug-likeness (QED) is 0.540. The molecule has 56 valence electrons. The van der Waals surface area contributed by atoms with E-state index in [2.05, 4.69) is 11.9 Å². The molecule has 1 aliphatic rings. The summed E-state index contributed by atoms with van der Waals surface area (Å²) in [6, 6.07) is 0. The Balaban J connectivity index is 2.55. The summed E-state index contributed by atoms with van der Waals surface area (Å²) < 4.78 is 4.92. The van der Waals surface area contributed by atoms with Gasteiger partial charge in [0.05, 0.1) is 12.3 Å². The minimum absolute atomic E-state index is 0.551. The molecular weight excluding hydrogens is 130 g/mol. The molecule has 1 aliphatic heterocycles. The van der Waals surface area contributed by atoms with Crippen LogP contribution in [0.2, 0.25) is 0 Å². The number of nitrogens with one attached hydrogen (secondary N) is 1. The summed E-state index contributed by atoms with van der Waals surface area (Å²) >= 11 is 0. The van der Waals surface area contributed by atoms with Crippen molar-refractivity contribution in [3.8, 4) is 0 Å². The highest BCUT2D eigenvalue weighted by Gasteiger charge is 2.13. The first-order valence-corrected chi connectivity index (χ1v) is 3.21. The summed E-state index contributed by atoms with van der Waals surface area (Å²) in [5.74, 6) is 0. The van der Waals surface area contributed by atoms with E-state index in [1.54, 1.807) is 12.2 Å². The highest BCUT2D eigenvalue weighted by atomic mass is 16.6. The van der Waals surface area contributed by atoms with Crippen LogP contribution in [0.4, 0.5) is 0 Å². The molecule has 1 saturated heterocycles. The maximum atomic E-state index is 9.10. The molecule has 0 aromatic rings. The summed E-state index contributed by atoms with van der Waals surface area (Å²) in [5, 5.41) is 12.1. The first-order chi connectivity index (χ1) is 4.84. The molecule has 0 saturated carbocycles. The van der Waals surface area contributed by atoms with Crippen molar-refractivity contribution in [2.75, 3.05) is 13.2 Å². The average Bonchev–Trinajstić information content (AvgIpc) is 1.94. The number of rotatable bonds is 1. The second-order valence-corrected chi connectivity index (χ2v) is 2.01. The van der Waals surface area contributed by atoms with Crippen molar-refractivity contribution in [3.63, 3.8) is 0 Å². The van der Waals surface area contributed by atoms with E-state index in [4.69, 9.17) is 9.84 Å². The van der Waals surface area contributed by atoms with E-state index >= 15 is 0 Å². The van der Waals surface area contributed by atoms with Crippen molar-refractivity contribution in [1.82, 2.24) is 5.32 Å². The van der Waals surface area contributed by atoms with Crippen LogP contribution in [0.3, 0.4) is 0 Å². The lowest BCUT2D eigenvalue weighted by Gasteiger charge is -2.22. The fourth-order valence-corrected chi connectivity index (χ4v) is 0.811. The van der Waals surface area contributed by atoms with Crippen LogP contribution in [0.25, 0.3) is 0 Å². The lowest BCUT2D eigenvalue weighted by atomic mass is 10.3. The Morgan fingerprint density at radius 1 is 1.80 bits per heavy atom. The van der Waals surface area contributed by atoms with Crippen LogP contribution >= 0.6 is 0 Å². The first-order valence-electron chi connectivity index (χ1n) is 3.21. The molecule has 0 aromatic carbocycles. The van der Waals surface area contributed by atoms with Crippen molar-refractivity contribution < 1.29 is 9.84 Å². The zero-order valence-electron chi connectivity index (χ0n) is 5.71. The molecule has 0 aliphatic carbocycles. The molecule has 1 heterocycles. The van der Waals surface area contributed by atoms with E-state index in [9.17, 15) is 0 Å². The molecule has 1 rings (SSSR count). The van der Waals surface area contributed by atoms with Crippen LogP contribution in [0.15, 0.2) is 24.4 Å². The van der Waals surface area contributed by atoms with E-state index < -0.39 is 6.29 Å². The van der Waals surface area contributed by atoms with Crippen LogP contribution in [-0.2, 0) is 4.74 Å². The molecule has 0 amide bonds. The van der Waals surface area contributed by atoms with Gasteiger partial charge in [-0.05, 0) is 6.08 Å². The standard InChI is InChI=1S/C7H11NO2/c1-2-3-6-7(9)10-5-4-8-6/h2-3,7-9H,1,4-5H2/b6-3+. The smallest absolute Gasteiger partial charge is 0.196 e. The molecule has 0 radical (unpaired) electrons. The third-order valence-electron chi connectivity index (χ3n) is 1.27. The van der Waals surface area contributed by atoms with E-state index in [0.717, 1.165) is 6.54 Å². The van der Waals surface area contributed by atoms with Crippen LogP contribution in [0.5, 0.6) is 0 Å². The minimum Gasteiger partial charge on any atom is -0.382 e. The maximum Gasteiger partial charge on any atom is 0.196 e. The van der Waals surface area contributed by atoms with E-state index in [0.29, 0.717) is 12.3 Å². The molecule has 0 spiro atoms. The van der Waals surface area contributed by atoms with Gasteiger partial charge in [0, 0.05) is 6.54 Å². The zero-order chi connectivity index (χ0) is 7.40. The Bertz CT molecular complexity index is 154. The Morgan fingerprint density at radius 3 is 3.20 bits per heavy atom. The summed E-state index contributed by atoms with van der Waals surface area (Å²) in [5.41, 5.74) is 0.682. The molecule has 1 atom stereocenters. The van der Waals surface area contributed by atoms with Gasteiger partial charge in [0.1, 0.15) is 0 Å². The zero-order valence-corrected chi connectivity index (χ0v) is 5.71. The number of aliphatic hydroxyl groups excluding tert-OH is 1. The van der Waals surface area contributed by atoms with Crippen LogP contribution < -0.4 is 5.32 Å². The Labute approximate surface area is 60.0 Å². The minimum atomic E-state index is -0.799. The SMILES string of the molecule is C=C/C=C1/NCCOC1O. The van der Waals surface area contributed by atoms with Gasteiger partial charge < -0.3 is 15.2 Å². The number of hydrogen-bond acceptors (Lipinski definition) is 3. The van der Waals surface area contributed by atoms with Gasteiger partial charge in [-0.15, -0.1) is 0 Å². The molecule has 0 aromatic heterocycles. The Kier molecular flexibility index (Phi) is 2.48. The van der Waals surface area contributed by atoms with Crippen LogP contribution in [-0.4, -0.2) is 24.5 Å². The lowest BCUT2D eigenvalue weighted by Crippen LogP contribution is -2.36. The third kappa shape index (κ3) is 1.59. The highest BCUT2D eigenvalue weighted by molar-refractivity contribution is 5.11. The Hall–Kier alpha value is -0.800. The van der Waals surface area contributed by atoms with Gasteiger partial charge in [-0.2, -0.15) is 0 Å². The molecule has 0 bridgehead atoms. The normalized spacial score (nSPS) is 29.7. The highest BCUT2D eigenvalue weighted by Crippen LogP contribution is 2.04. The van der Waals surface area contributed by atoms with Gasteiger partial charge in [0.2, 0.25) is 0 Å². The van der Waals surface area contributed by atoms with Crippen molar-refractivity contribution in [2.45, 2.75) is 6.29 Å². The van der Waals surface area contributed by atoms with Gasteiger partial charge in [-0.25, -0.2) is 0 Å². The maximum absolute atomic E-state index is 9.10. The second kappa shape index (κ2) is 3.39. The number of hydrogen-bond donors (Lipinski definition) is 2. The van der Waals surface area contributed by atoms with E-state index in [1.807, 2.05) is 0 Å². The number of allylic oxidation sites excluding steroid dienone is 2. The first kappa shape index (κ1) is 7.31. The topological polar surface area (TPSA) is 41.5 Å². The van der Waals surface area contributed by atoms with Gasteiger partial charge in [-0.1, -0.05) is 12.7 Å². The van der Waals surface area contributed by atoms with Gasteiger partial charge in [0.25, 0.3) is 0 Å². The molecule has 1 unspecified atom stereocenters. The third-order valence-corrected chi connectivity index (χ3v) is 1.27. The van der Waals surface area contributed by atoms with Crippen molar-refractivity contribution in [3.05, 3.63) is 24.4 Å². The molecule has 3 nitrogen and oxygen atoms in total. The molecular formula is C7H11NO2. The van der Waals surface area contributed by atoms with Gasteiger partial charge in [-0.3, -0.25) is 0 Å². The molecule has 2 N–H and O–H groups in total. The van der Waals surface area contributed by atoms with Gasteiger partial charge in [0.15, 0.2) is 6.29 Å². The summed E-state index contributed by atoms with van der Waals surface area (Å²) in [7, 11) is 0. The molecule has 1 fully saturated rings. The fraction of sp³-hybridized carbons (Fsp3) is 0.429. The summed E-state index contributed by atoms with van der Waals surface area (Å²) in [6.07, 6.45) is 2.51. The average molecular weight is 141 g/mol. The molecule has 3 heteroatoms. The van der Waals surface area contributed by atoms with Crippen molar-refractivity contribution >= 4 is 0 Å². The largest absolute Gasteiger partial charge is 0.382 e. The summed E-state index contributed by atoms with van der Waals surface area (Å²) in [4.78, 5) is 0. The van der Waals surface area contributed by atoms with E-state index in [1.165, 1.54) is 0 Å². The van der Waals surface area contributed by atoms with Crippen LogP contribution in [0, 0.1) is 0 Å². The lowest BCUT2D eigenvalue weighted by molar-refractivity contribution is -0.0890. The second-order valence-electron chi connectivity index (χ2n) is 2.01. The number of aliphatic hydroxyl groups is 1.